The van der Waals surface area contributed by atoms with Crippen molar-refractivity contribution in [2.45, 2.75) is 33.1 Å². The van der Waals surface area contributed by atoms with Crippen molar-refractivity contribution in [3.05, 3.63) is 67.0 Å². The zero-order valence-corrected chi connectivity index (χ0v) is 20.4. The third kappa shape index (κ3) is 3.83. The normalized spacial score (nSPS) is 15.9. The molecule has 2 aromatic heterocycles. The molecule has 2 aliphatic rings. The molecule has 0 fully saturated rings. The summed E-state index contributed by atoms with van der Waals surface area (Å²) in [4.78, 5) is 54.2. The summed E-state index contributed by atoms with van der Waals surface area (Å²) in [7, 11) is 0. The SMILES string of the molecule is CC(C)C(=O)N(CCO)/N=C/c1c2c(nc3ccccc13)-c1c([N+](=O)[O-])c3c(c(=O)n1C2)COC(=O)C3O. The smallest absolute Gasteiger partial charge is 0.340 e. The van der Waals surface area contributed by atoms with E-state index in [4.69, 9.17) is 4.74 Å². The van der Waals surface area contributed by atoms with Crippen LogP contribution < -0.4 is 5.56 Å². The maximum absolute atomic E-state index is 13.4. The molecule has 0 radical (unpaired) electrons. The van der Waals surface area contributed by atoms with Gasteiger partial charge in [0.05, 0.1) is 47.5 Å². The summed E-state index contributed by atoms with van der Waals surface area (Å²) in [6.07, 6.45) is -0.569. The van der Waals surface area contributed by atoms with Crippen LogP contribution in [0.3, 0.4) is 0 Å². The average Bonchev–Trinajstić information content (AvgIpc) is 3.26. The summed E-state index contributed by atoms with van der Waals surface area (Å²) in [5.74, 6) is -1.78. The Labute approximate surface area is 214 Å². The maximum atomic E-state index is 13.4. The van der Waals surface area contributed by atoms with E-state index in [1.54, 1.807) is 38.1 Å². The van der Waals surface area contributed by atoms with Crippen molar-refractivity contribution in [3.8, 4) is 11.4 Å². The van der Waals surface area contributed by atoms with Gasteiger partial charge >= 0.3 is 11.7 Å². The quantitative estimate of drug-likeness (QED) is 0.163. The Morgan fingerprint density at radius 3 is 2.76 bits per heavy atom. The van der Waals surface area contributed by atoms with E-state index in [9.17, 15) is 34.7 Å². The first kappa shape index (κ1) is 25.2. The second-order valence-corrected chi connectivity index (χ2v) is 9.20. The van der Waals surface area contributed by atoms with Gasteiger partial charge in [0, 0.05) is 22.4 Å². The Balaban J connectivity index is 1.79. The number of benzene rings is 1. The van der Waals surface area contributed by atoms with E-state index in [2.05, 4.69) is 10.1 Å². The molecule has 5 rings (SSSR count). The molecule has 1 amide bonds. The van der Waals surface area contributed by atoms with E-state index in [0.717, 1.165) is 5.01 Å². The number of fused-ring (bicyclic) bond motifs is 5. The van der Waals surface area contributed by atoms with Gasteiger partial charge in [-0.15, -0.1) is 0 Å². The number of aliphatic hydroxyl groups is 2. The minimum absolute atomic E-state index is 0.0392. The van der Waals surface area contributed by atoms with Crippen molar-refractivity contribution < 1.29 is 29.5 Å². The van der Waals surface area contributed by atoms with Crippen LogP contribution in [0, 0.1) is 16.0 Å². The van der Waals surface area contributed by atoms with Gasteiger partial charge in [0.15, 0.2) is 6.10 Å². The first-order valence-corrected chi connectivity index (χ1v) is 11.8. The number of cyclic esters (lactones) is 1. The summed E-state index contributed by atoms with van der Waals surface area (Å²) in [6.45, 7) is 2.45. The highest BCUT2D eigenvalue weighted by atomic mass is 16.6. The molecule has 38 heavy (non-hydrogen) atoms. The van der Waals surface area contributed by atoms with Gasteiger partial charge in [-0.05, 0) is 6.07 Å². The van der Waals surface area contributed by atoms with Crippen LogP contribution in [0.5, 0.6) is 0 Å². The summed E-state index contributed by atoms with van der Waals surface area (Å²) in [5.41, 5.74) is -0.427. The van der Waals surface area contributed by atoms with Crippen LogP contribution in [-0.4, -0.2) is 60.9 Å². The Bertz CT molecular complexity index is 1610. The Kier molecular flexibility index (Phi) is 6.25. The van der Waals surface area contributed by atoms with E-state index >= 15 is 0 Å². The number of nitrogens with zero attached hydrogens (tertiary/aromatic N) is 5. The number of amides is 1. The lowest BCUT2D eigenvalue weighted by Gasteiger charge is -2.21. The van der Waals surface area contributed by atoms with Gasteiger partial charge < -0.3 is 14.9 Å². The van der Waals surface area contributed by atoms with Crippen LogP contribution >= 0.6 is 0 Å². The van der Waals surface area contributed by atoms with Crippen molar-refractivity contribution in [2.24, 2.45) is 11.0 Å². The Morgan fingerprint density at radius 1 is 1.34 bits per heavy atom. The second-order valence-electron chi connectivity index (χ2n) is 9.20. The maximum Gasteiger partial charge on any atom is 0.340 e. The topological polar surface area (TPSA) is 177 Å². The molecule has 2 aliphatic heterocycles. The van der Waals surface area contributed by atoms with E-state index in [1.807, 2.05) is 0 Å². The molecular formula is C25H23N5O8. The molecule has 0 spiro atoms. The molecule has 0 saturated carbocycles. The van der Waals surface area contributed by atoms with E-state index in [-0.39, 0.29) is 48.5 Å². The third-order valence-electron chi connectivity index (χ3n) is 6.58. The fourth-order valence-corrected chi connectivity index (χ4v) is 4.81. The number of pyridine rings is 2. The van der Waals surface area contributed by atoms with Crippen LogP contribution in [0.4, 0.5) is 5.69 Å². The lowest BCUT2D eigenvalue weighted by atomic mass is 9.96. The highest BCUT2D eigenvalue weighted by Gasteiger charge is 2.43. The number of aromatic nitrogens is 2. The highest BCUT2D eigenvalue weighted by Crippen LogP contribution is 2.44. The number of para-hydroxylation sites is 1. The predicted molar refractivity (Wildman–Crippen MR) is 133 cm³/mol. The van der Waals surface area contributed by atoms with Crippen LogP contribution in [0.25, 0.3) is 22.3 Å². The number of hydrogen-bond acceptors (Lipinski definition) is 10. The second kappa shape index (κ2) is 9.43. The zero-order chi connectivity index (χ0) is 27.3. The van der Waals surface area contributed by atoms with Crippen LogP contribution in [0.15, 0.2) is 34.2 Å². The van der Waals surface area contributed by atoms with Gasteiger partial charge in [0.2, 0.25) is 5.91 Å². The minimum Gasteiger partial charge on any atom is -0.458 e. The van der Waals surface area contributed by atoms with Crippen LogP contribution in [0.2, 0.25) is 0 Å². The Morgan fingerprint density at radius 2 is 2.08 bits per heavy atom. The van der Waals surface area contributed by atoms with Crippen molar-refractivity contribution in [1.29, 1.82) is 0 Å². The number of nitro groups is 1. The molecule has 3 aromatic rings. The summed E-state index contributed by atoms with van der Waals surface area (Å²) < 4.78 is 6.05. The molecule has 4 heterocycles. The number of carbonyl (C=O) groups excluding carboxylic acids is 2. The standard InChI is InChI=1S/C25H23N5O8/c1-12(2)23(33)29(7-8-31)26-9-14-13-5-3-4-6-17(13)27-19-15(14)10-28-21(19)20(30(36)37)18-16(24(28)34)11-38-25(35)22(18)32/h3-6,9,12,22,31-32H,7-8,10-11H2,1-2H3/b26-9+. The molecule has 13 nitrogen and oxygen atoms in total. The molecule has 196 valence electrons. The molecule has 0 aliphatic carbocycles. The van der Waals surface area contributed by atoms with Gasteiger partial charge in [-0.25, -0.2) is 14.8 Å². The van der Waals surface area contributed by atoms with Crippen LogP contribution in [-0.2, 0) is 27.5 Å². The van der Waals surface area contributed by atoms with Gasteiger partial charge in [0.1, 0.15) is 18.0 Å². The third-order valence-corrected chi connectivity index (χ3v) is 6.58. The molecule has 0 bridgehead atoms. The number of carbonyl (C=O) groups is 2. The van der Waals surface area contributed by atoms with Crippen molar-refractivity contribution in [3.63, 3.8) is 0 Å². The number of esters is 1. The minimum atomic E-state index is -1.99. The summed E-state index contributed by atoms with van der Waals surface area (Å²) in [6, 6.07) is 6.96. The molecule has 1 aromatic carbocycles. The fraction of sp³-hybridized carbons (Fsp3) is 0.320. The Hall–Kier alpha value is -4.49. The zero-order valence-electron chi connectivity index (χ0n) is 20.4. The number of aliphatic hydroxyl groups excluding tert-OH is 2. The lowest BCUT2D eigenvalue weighted by molar-refractivity contribution is -0.385. The summed E-state index contributed by atoms with van der Waals surface area (Å²) >= 11 is 0. The number of rotatable bonds is 6. The first-order chi connectivity index (χ1) is 18.1. The van der Waals surface area contributed by atoms with Crippen molar-refractivity contribution >= 4 is 34.7 Å². The van der Waals surface area contributed by atoms with Gasteiger partial charge in [0.25, 0.3) is 5.56 Å². The lowest BCUT2D eigenvalue weighted by Crippen LogP contribution is -2.33. The number of hydrazone groups is 1. The van der Waals surface area contributed by atoms with Crippen LogP contribution in [0.1, 0.15) is 42.2 Å². The molecular weight excluding hydrogens is 498 g/mol. The number of ether oxygens (including phenoxy) is 1. The predicted octanol–water partition coefficient (Wildman–Crippen LogP) is 1.23. The molecule has 1 atom stereocenters. The average molecular weight is 521 g/mol. The van der Waals surface area contributed by atoms with Gasteiger partial charge in [-0.2, -0.15) is 5.10 Å². The highest BCUT2D eigenvalue weighted by molar-refractivity contribution is 6.03. The summed E-state index contributed by atoms with van der Waals surface area (Å²) in [5, 5.41) is 38.3. The molecule has 13 heteroatoms. The molecule has 2 N–H and O–H groups in total. The van der Waals surface area contributed by atoms with E-state index in [0.29, 0.717) is 22.0 Å². The first-order valence-electron chi connectivity index (χ1n) is 11.8. The molecule has 1 unspecified atom stereocenters. The fourth-order valence-electron chi connectivity index (χ4n) is 4.81. The van der Waals surface area contributed by atoms with Gasteiger partial charge in [-0.1, -0.05) is 32.0 Å². The van der Waals surface area contributed by atoms with E-state index < -0.39 is 40.4 Å². The van der Waals surface area contributed by atoms with Crippen molar-refractivity contribution in [1.82, 2.24) is 14.6 Å². The van der Waals surface area contributed by atoms with Crippen molar-refractivity contribution in [2.75, 3.05) is 13.2 Å². The molecule has 0 saturated heterocycles. The number of hydrogen-bond donors (Lipinski definition) is 2. The van der Waals surface area contributed by atoms with E-state index in [1.165, 1.54) is 10.8 Å². The monoisotopic (exact) mass is 521 g/mol. The van der Waals surface area contributed by atoms with Gasteiger partial charge in [-0.3, -0.25) is 24.3 Å². The largest absolute Gasteiger partial charge is 0.458 e.